The monoisotopic (exact) mass is 605 g/mol. The Bertz CT molecular complexity index is 1490. The Morgan fingerprint density at radius 1 is 0.857 bits per heavy atom. The lowest BCUT2D eigenvalue weighted by molar-refractivity contribution is 0.0143. The van der Waals surface area contributed by atoms with Crippen molar-refractivity contribution in [2.75, 3.05) is 39.5 Å². The lowest BCUT2D eigenvalue weighted by Gasteiger charge is -2.34. The Labute approximate surface area is 256 Å². The molecule has 1 fully saturated rings. The second-order valence-electron chi connectivity index (χ2n) is 10.4. The van der Waals surface area contributed by atoms with E-state index < -0.39 is 11.6 Å². The van der Waals surface area contributed by atoms with E-state index in [4.69, 9.17) is 37.8 Å². The van der Waals surface area contributed by atoms with E-state index >= 15 is 0 Å². The van der Waals surface area contributed by atoms with Gasteiger partial charge in [-0.15, -0.1) is 0 Å². The molecule has 0 saturated carbocycles. The lowest BCUT2D eigenvalue weighted by atomic mass is 9.82. The van der Waals surface area contributed by atoms with E-state index in [0.29, 0.717) is 42.7 Å². The van der Waals surface area contributed by atoms with E-state index in [-0.39, 0.29) is 5.56 Å². The van der Waals surface area contributed by atoms with E-state index in [1.807, 2.05) is 54.6 Å². The van der Waals surface area contributed by atoms with Crippen LogP contribution in [0.1, 0.15) is 33.5 Å². The predicted octanol–water partition coefficient (Wildman–Crippen LogP) is 6.94. The smallest absolute Gasteiger partial charge is 0.335 e. The van der Waals surface area contributed by atoms with Gasteiger partial charge < -0.3 is 19.7 Å². The summed E-state index contributed by atoms with van der Waals surface area (Å²) in [6.07, 6.45) is 1.07. The molecule has 0 aromatic heterocycles. The molecule has 0 spiro atoms. The number of morpholine rings is 1. The summed E-state index contributed by atoms with van der Waals surface area (Å²) in [5.74, 6) is -0.227. The Balaban J connectivity index is 1.27. The van der Waals surface area contributed by atoms with Crippen LogP contribution >= 0.6 is 23.2 Å². The number of hydrogen-bond acceptors (Lipinski definition) is 5. The van der Waals surface area contributed by atoms with Crippen molar-refractivity contribution in [2.24, 2.45) is 0 Å². The summed E-state index contributed by atoms with van der Waals surface area (Å²) in [5, 5.41) is 22.5. The van der Waals surface area contributed by atoms with Crippen LogP contribution in [0.25, 0.3) is 11.1 Å². The Morgan fingerprint density at radius 3 is 2.12 bits per heavy atom. The van der Waals surface area contributed by atoms with Gasteiger partial charge in [0.1, 0.15) is 11.4 Å². The average molecular weight is 607 g/mol. The molecule has 0 amide bonds. The molecule has 1 aliphatic rings. The van der Waals surface area contributed by atoms with E-state index in [1.165, 1.54) is 0 Å². The molecule has 1 heterocycles. The summed E-state index contributed by atoms with van der Waals surface area (Å²) in [7, 11) is 0. The third-order valence-electron chi connectivity index (χ3n) is 7.70. The fourth-order valence-electron chi connectivity index (χ4n) is 5.18. The normalized spacial score (nSPS) is 15.2. The highest BCUT2D eigenvalue weighted by Crippen LogP contribution is 2.36. The molecule has 4 aromatic carbocycles. The molecular weight excluding hydrogens is 573 g/mol. The minimum absolute atomic E-state index is 0.255. The molecule has 4 aromatic rings. The first kappa shape index (κ1) is 30.1. The van der Waals surface area contributed by atoms with Gasteiger partial charge in [-0.3, -0.25) is 4.90 Å². The number of carbonyl (C=O) groups is 1. The average Bonchev–Trinajstić information content (AvgIpc) is 3.02. The van der Waals surface area contributed by atoms with E-state index in [0.717, 1.165) is 53.2 Å². The standard InChI is InChI=1S/C34H33Cl2NO5/c35-30-10-7-28(8-11-30)34(40,16-17-37-18-21-41-22-19-37)29-9-14-32(36)27(23-29)15-20-42-31-12-5-25(6-13-31)24-1-3-26(4-2-24)33(38)39/h1-14,23,40H,15-22H2,(H,38,39). The van der Waals surface area contributed by atoms with E-state index in [2.05, 4.69) is 4.90 Å². The summed E-state index contributed by atoms with van der Waals surface area (Å²) < 4.78 is 11.5. The summed E-state index contributed by atoms with van der Waals surface area (Å²) in [4.78, 5) is 13.4. The van der Waals surface area contributed by atoms with Gasteiger partial charge in [-0.1, -0.05) is 71.7 Å². The van der Waals surface area contributed by atoms with Crippen LogP contribution in [0.2, 0.25) is 10.0 Å². The van der Waals surface area contributed by atoms with Gasteiger partial charge in [0.2, 0.25) is 0 Å². The highest BCUT2D eigenvalue weighted by atomic mass is 35.5. The lowest BCUT2D eigenvalue weighted by Crippen LogP contribution is -2.40. The van der Waals surface area contributed by atoms with Crippen LogP contribution in [0.5, 0.6) is 5.75 Å². The number of carboxylic acid groups (broad SMARTS) is 1. The zero-order valence-electron chi connectivity index (χ0n) is 23.1. The number of carboxylic acids is 1. The number of nitrogens with zero attached hydrogens (tertiary/aromatic N) is 1. The van der Waals surface area contributed by atoms with Crippen molar-refractivity contribution >= 4 is 29.2 Å². The van der Waals surface area contributed by atoms with Crippen LogP contribution in [-0.2, 0) is 16.8 Å². The van der Waals surface area contributed by atoms with Crippen LogP contribution in [0, 0.1) is 0 Å². The first-order valence-electron chi connectivity index (χ1n) is 14.0. The van der Waals surface area contributed by atoms with Crippen LogP contribution in [0.15, 0.2) is 91.0 Å². The van der Waals surface area contributed by atoms with Gasteiger partial charge in [-0.05, 0) is 76.7 Å². The molecule has 5 rings (SSSR count). The van der Waals surface area contributed by atoms with Crippen molar-refractivity contribution in [1.82, 2.24) is 4.90 Å². The number of rotatable bonds is 11. The molecule has 218 valence electrons. The number of benzene rings is 4. The summed E-state index contributed by atoms with van der Waals surface area (Å²) in [5.41, 5.74) is 3.37. The quantitative estimate of drug-likeness (QED) is 0.193. The fraction of sp³-hybridized carbons (Fsp3) is 0.265. The molecule has 6 nitrogen and oxygen atoms in total. The molecule has 0 aliphatic carbocycles. The SMILES string of the molecule is O=C(O)c1ccc(-c2ccc(OCCc3cc(C(O)(CCN4CCOCC4)c4ccc(Cl)cc4)ccc3Cl)cc2)cc1. The van der Waals surface area contributed by atoms with E-state index in [9.17, 15) is 9.90 Å². The van der Waals surface area contributed by atoms with E-state index in [1.54, 1.807) is 36.4 Å². The minimum Gasteiger partial charge on any atom is -0.493 e. The maximum Gasteiger partial charge on any atom is 0.335 e. The van der Waals surface area contributed by atoms with Gasteiger partial charge in [-0.2, -0.15) is 0 Å². The molecule has 2 N–H and O–H groups in total. The highest BCUT2D eigenvalue weighted by molar-refractivity contribution is 6.31. The molecule has 42 heavy (non-hydrogen) atoms. The van der Waals surface area contributed by atoms with Crippen LogP contribution in [0.3, 0.4) is 0 Å². The summed E-state index contributed by atoms with van der Waals surface area (Å²) in [6, 6.07) is 27.5. The molecule has 1 saturated heterocycles. The largest absolute Gasteiger partial charge is 0.493 e. The van der Waals surface area contributed by atoms with Crippen LogP contribution in [-0.4, -0.2) is 60.5 Å². The Hall–Kier alpha value is -3.39. The van der Waals surface area contributed by atoms with Crippen molar-refractivity contribution in [3.05, 3.63) is 123 Å². The molecular formula is C34H33Cl2NO5. The molecule has 1 atom stereocenters. The molecule has 0 radical (unpaired) electrons. The van der Waals surface area contributed by atoms with Gasteiger partial charge in [0.25, 0.3) is 0 Å². The number of ether oxygens (including phenoxy) is 2. The fourth-order valence-corrected chi connectivity index (χ4v) is 5.51. The summed E-state index contributed by atoms with van der Waals surface area (Å²) >= 11 is 12.8. The Kier molecular flexibility index (Phi) is 9.83. The molecule has 1 aliphatic heterocycles. The zero-order chi connectivity index (χ0) is 29.5. The zero-order valence-corrected chi connectivity index (χ0v) is 24.7. The first-order valence-corrected chi connectivity index (χ1v) is 14.7. The highest BCUT2D eigenvalue weighted by Gasteiger charge is 2.33. The maximum atomic E-state index is 12.2. The minimum atomic E-state index is -1.22. The van der Waals surface area contributed by atoms with Crippen molar-refractivity contribution in [3.63, 3.8) is 0 Å². The van der Waals surface area contributed by atoms with Crippen molar-refractivity contribution in [1.29, 1.82) is 0 Å². The van der Waals surface area contributed by atoms with Gasteiger partial charge >= 0.3 is 5.97 Å². The van der Waals surface area contributed by atoms with Gasteiger partial charge in [0.15, 0.2) is 0 Å². The van der Waals surface area contributed by atoms with Crippen molar-refractivity contribution < 1.29 is 24.5 Å². The van der Waals surface area contributed by atoms with Gasteiger partial charge in [0, 0.05) is 36.1 Å². The maximum absolute atomic E-state index is 12.2. The molecule has 0 bridgehead atoms. The molecule has 1 unspecified atom stereocenters. The number of aromatic carboxylic acids is 1. The Morgan fingerprint density at radius 2 is 1.48 bits per heavy atom. The van der Waals surface area contributed by atoms with Crippen LogP contribution in [0.4, 0.5) is 0 Å². The van der Waals surface area contributed by atoms with Crippen LogP contribution < -0.4 is 4.74 Å². The number of halogens is 2. The van der Waals surface area contributed by atoms with Gasteiger partial charge in [-0.25, -0.2) is 4.79 Å². The number of aliphatic hydroxyl groups is 1. The van der Waals surface area contributed by atoms with Gasteiger partial charge in [0.05, 0.1) is 25.4 Å². The number of hydrogen-bond donors (Lipinski definition) is 2. The third kappa shape index (κ3) is 7.33. The topological polar surface area (TPSA) is 79.2 Å². The third-order valence-corrected chi connectivity index (χ3v) is 8.32. The first-order chi connectivity index (χ1) is 20.3. The second-order valence-corrected chi connectivity index (χ2v) is 11.2. The van der Waals surface area contributed by atoms with Crippen molar-refractivity contribution in [2.45, 2.75) is 18.4 Å². The molecule has 8 heteroatoms. The van der Waals surface area contributed by atoms with Crippen molar-refractivity contribution in [3.8, 4) is 16.9 Å². The predicted molar refractivity (Wildman–Crippen MR) is 166 cm³/mol. The second kappa shape index (κ2) is 13.7. The summed E-state index contributed by atoms with van der Waals surface area (Å²) in [6.45, 7) is 4.22.